The summed E-state index contributed by atoms with van der Waals surface area (Å²) in [5.41, 5.74) is 2.31. The highest BCUT2D eigenvalue weighted by Crippen LogP contribution is 2.28. The van der Waals surface area contributed by atoms with E-state index in [0.717, 1.165) is 11.1 Å². The zero-order valence-corrected chi connectivity index (χ0v) is 19.6. The molecule has 1 fully saturated rings. The van der Waals surface area contributed by atoms with E-state index in [4.69, 9.17) is 9.47 Å². The lowest BCUT2D eigenvalue weighted by atomic mass is 9.93. The number of rotatable bonds is 6. The summed E-state index contributed by atoms with van der Waals surface area (Å²) in [6.45, 7) is 5.25. The zero-order valence-electron chi connectivity index (χ0n) is 19.6. The molecule has 1 amide bonds. The number of fused-ring (bicyclic) bond motifs is 1. The van der Waals surface area contributed by atoms with E-state index in [1.54, 1.807) is 17.0 Å². The van der Waals surface area contributed by atoms with Gasteiger partial charge in [0.2, 0.25) is 0 Å². The van der Waals surface area contributed by atoms with Crippen molar-refractivity contribution in [3.8, 4) is 0 Å². The van der Waals surface area contributed by atoms with Gasteiger partial charge in [0, 0.05) is 32.6 Å². The fraction of sp³-hybridized carbons (Fsp3) is 0.462. The van der Waals surface area contributed by atoms with Gasteiger partial charge in [-0.3, -0.25) is 4.90 Å². The minimum Gasteiger partial charge on any atom is -0.459 e. The van der Waals surface area contributed by atoms with E-state index in [0.29, 0.717) is 37.2 Å². The standard InChI is InChI=1S/C26H32N2O6/c1-18-12-21-13-20(8-9-22(21)24(31)34-18)23(30)14-28-11-10-27(16-26(28,2)17-29)25(32)33-15-19-6-4-3-5-7-19/h3-9,13,18,23,29-30H,10-12,14-17H2,1-2H3/t18-,23?,26?/m0/s1. The molecule has 0 saturated carbocycles. The molecule has 1 saturated heterocycles. The van der Waals surface area contributed by atoms with Crippen molar-refractivity contribution in [3.05, 3.63) is 70.8 Å². The molecule has 2 aromatic carbocycles. The lowest BCUT2D eigenvalue weighted by molar-refractivity contribution is -0.0449. The second kappa shape index (κ2) is 10.1. The SMILES string of the molecule is C[C@H]1Cc2cc(C(O)CN3CCN(C(=O)OCc4ccccc4)CC3(C)CO)ccc2C(=O)O1. The van der Waals surface area contributed by atoms with Gasteiger partial charge in [0.15, 0.2) is 0 Å². The monoisotopic (exact) mass is 468 g/mol. The molecule has 0 bridgehead atoms. The molecule has 0 spiro atoms. The first kappa shape index (κ1) is 24.2. The summed E-state index contributed by atoms with van der Waals surface area (Å²) < 4.78 is 10.7. The molecule has 2 aromatic rings. The molecule has 8 nitrogen and oxygen atoms in total. The van der Waals surface area contributed by atoms with Crippen LogP contribution in [-0.2, 0) is 22.5 Å². The fourth-order valence-electron chi connectivity index (χ4n) is 4.63. The average Bonchev–Trinajstić information content (AvgIpc) is 2.83. The number of β-amino-alcohol motifs (C(OH)–C–C–N with tert-alkyl or cyclic N) is 1. The van der Waals surface area contributed by atoms with Crippen molar-refractivity contribution < 1.29 is 29.3 Å². The Morgan fingerprint density at radius 3 is 2.74 bits per heavy atom. The Morgan fingerprint density at radius 2 is 2.00 bits per heavy atom. The molecule has 2 N–H and O–H groups in total. The minimum atomic E-state index is -0.805. The Balaban J connectivity index is 1.39. The third-order valence-corrected chi connectivity index (χ3v) is 6.68. The number of aliphatic hydroxyl groups is 2. The number of ether oxygens (including phenoxy) is 2. The van der Waals surface area contributed by atoms with Crippen molar-refractivity contribution in [1.29, 1.82) is 0 Å². The Morgan fingerprint density at radius 1 is 1.24 bits per heavy atom. The van der Waals surface area contributed by atoms with Crippen LogP contribution in [0.2, 0.25) is 0 Å². The predicted molar refractivity (Wildman–Crippen MR) is 125 cm³/mol. The molecule has 2 heterocycles. The number of aliphatic hydroxyl groups excluding tert-OH is 2. The number of carbonyl (C=O) groups is 2. The van der Waals surface area contributed by atoms with Crippen LogP contribution in [0.4, 0.5) is 4.79 Å². The van der Waals surface area contributed by atoms with Crippen LogP contribution in [-0.4, -0.2) is 76.5 Å². The third kappa shape index (κ3) is 5.24. The molecular weight excluding hydrogens is 436 g/mol. The highest BCUT2D eigenvalue weighted by atomic mass is 16.6. The number of benzene rings is 2. The number of piperazine rings is 1. The zero-order chi connectivity index (χ0) is 24.3. The van der Waals surface area contributed by atoms with Crippen LogP contribution < -0.4 is 0 Å². The van der Waals surface area contributed by atoms with Gasteiger partial charge < -0.3 is 24.6 Å². The summed E-state index contributed by atoms with van der Waals surface area (Å²) in [5.74, 6) is -0.335. The molecule has 0 aliphatic carbocycles. The van der Waals surface area contributed by atoms with Gasteiger partial charge in [-0.05, 0) is 36.6 Å². The summed E-state index contributed by atoms with van der Waals surface area (Å²) in [7, 11) is 0. The second-order valence-electron chi connectivity index (χ2n) is 9.42. The van der Waals surface area contributed by atoms with E-state index in [9.17, 15) is 19.8 Å². The average molecular weight is 469 g/mol. The molecule has 182 valence electrons. The quantitative estimate of drug-likeness (QED) is 0.629. The van der Waals surface area contributed by atoms with E-state index in [-0.39, 0.29) is 31.8 Å². The predicted octanol–water partition coefficient (Wildman–Crippen LogP) is 2.53. The van der Waals surface area contributed by atoms with Gasteiger partial charge in [0.1, 0.15) is 12.7 Å². The van der Waals surface area contributed by atoms with Crippen molar-refractivity contribution >= 4 is 12.1 Å². The van der Waals surface area contributed by atoms with Crippen LogP contribution in [0.5, 0.6) is 0 Å². The molecule has 0 aromatic heterocycles. The minimum absolute atomic E-state index is 0.171. The first-order valence-corrected chi connectivity index (χ1v) is 11.6. The number of hydrogen-bond donors (Lipinski definition) is 2. The summed E-state index contributed by atoms with van der Waals surface area (Å²) in [4.78, 5) is 28.3. The Kier molecular flexibility index (Phi) is 7.21. The van der Waals surface area contributed by atoms with Crippen molar-refractivity contribution in [2.45, 2.75) is 44.6 Å². The third-order valence-electron chi connectivity index (χ3n) is 6.68. The van der Waals surface area contributed by atoms with Crippen molar-refractivity contribution in [3.63, 3.8) is 0 Å². The number of nitrogens with zero attached hydrogens (tertiary/aromatic N) is 2. The molecule has 0 radical (unpaired) electrons. The summed E-state index contributed by atoms with van der Waals surface area (Å²) >= 11 is 0. The number of amides is 1. The van der Waals surface area contributed by atoms with E-state index in [1.807, 2.05) is 55.1 Å². The van der Waals surface area contributed by atoms with Crippen LogP contribution in [0.1, 0.15) is 47.0 Å². The number of hydrogen-bond acceptors (Lipinski definition) is 7. The summed E-state index contributed by atoms with van der Waals surface area (Å²) in [5, 5.41) is 21.1. The van der Waals surface area contributed by atoms with Gasteiger partial charge in [0.25, 0.3) is 0 Å². The molecule has 2 unspecified atom stereocenters. The second-order valence-corrected chi connectivity index (χ2v) is 9.42. The van der Waals surface area contributed by atoms with Gasteiger partial charge >= 0.3 is 12.1 Å². The van der Waals surface area contributed by atoms with Gasteiger partial charge in [-0.1, -0.05) is 42.5 Å². The Bertz CT molecular complexity index is 1030. The fourth-order valence-corrected chi connectivity index (χ4v) is 4.63. The molecule has 4 rings (SSSR count). The lowest BCUT2D eigenvalue weighted by Crippen LogP contribution is -2.64. The smallest absolute Gasteiger partial charge is 0.410 e. The van der Waals surface area contributed by atoms with E-state index in [1.165, 1.54) is 0 Å². The molecule has 34 heavy (non-hydrogen) atoms. The topological polar surface area (TPSA) is 99.5 Å². The maximum absolute atomic E-state index is 12.6. The summed E-state index contributed by atoms with van der Waals surface area (Å²) in [6, 6.07) is 14.8. The van der Waals surface area contributed by atoms with Gasteiger partial charge in [-0.2, -0.15) is 0 Å². The van der Waals surface area contributed by atoms with E-state index >= 15 is 0 Å². The van der Waals surface area contributed by atoms with Gasteiger partial charge in [-0.25, -0.2) is 9.59 Å². The van der Waals surface area contributed by atoms with E-state index < -0.39 is 17.7 Å². The molecular formula is C26H32N2O6. The number of esters is 1. The van der Waals surface area contributed by atoms with E-state index in [2.05, 4.69) is 0 Å². The normalized spacial score (nSPS) is 23.7. The van der Waals surface area contributed by atoms with Crippen molar-refractivity contribution in [2.75, 3.05) is 32.8 Å². The first-order valence-electron chi connectivity index (χ1n) is 11.6. The Labute approximate surface area is 199 Å². The van der Waals surface area contributed by atoms with Crippen molar-refractivity contribution in [1.82, 2.24) is 9.80 Å². The molecule has 2 aliphatic rings. The van der Waals surface area contributed by atoms with Crippen molar-refractivity contribution in [2.24, 2.45) is 0 Å². The van der Waals surface area contributed by atoms with Crippen LogP contribution >= 0.6 is 0 Å². The number of carbonyl (C=O) groups excluding carboxylic acids is 2. The summed E-state index contributed by atoms with van der Waals surface area (Å²) in [6.07, 6.45) is -0.806. The molecule has 8 heteroatoms. The largest absolute Gasteiger partial charge is 0.459 e. The first-order chi connectivity index (χ1) is 16.3. The lowest BCUT2D eigenvalue weighted by Gasteiger charge is -2.48. The van der Waals surface area contributed by atoms with Crippen LogP contribution in [0.25, 0.3) is 0 Å². The maximum atomic E-state index is 12.6. The highest BCUT2D eigenvalue weighted by Gasteiger charge is 2.40. The highest BCUT2D eigenvalue weighted by molar-refractivity contribution is 5.92. The Hall–Kier alpha value is -2.94. The molecule has 2 aliphatic heterocycles. The van der Waals surface area contributed by atoms with Crippen LogP contribution in [0.15, 0.2) is 48.5 Å². The van der Waals surface area contributed by atoms with Gasteiger partial charge in [-0.15, -0.1) is 0 Å². The maximum Gasteiger partial charge on any atom is 0.410 e. The molecule has 3 atom stereocenters. The number of cyclic esters (lactones) is 1. The van der Waals surface area contributed by atoms with Crippen LogP contribution in [0, 0.1) is 0 Å². The van der Waals surface area contributed by atoms with Gasteiger partial charge in [0.05, 0.1) is 23.8 Å². The van der Waals surface area contributed by atoms with Crippen LogP contribution in [0.3, 0.4) is 0 Å².